The summed E-state index contributed by atoms with van der Waals surface area (Å²) in [5.74, 6) is 0.184. The van der Waals surface area contributed by atoms with Gasteiger partial charge in [0, 0.05) is 5.69 Å². The van der Waals surface area contributed by atoms with Gasteiger partial charge in [0.25, 0.3) is 0 Å². The number of halogens is 3. The van der Waals surface area contributed by atoms with Crippen LogP contribution in [0.5, 0.6) is 0 Å². The molecule has 2 N–H and O–H groups in total. The second-order valence-electron chi connectivity index (χ2n) is 4.86. The molecule has 21 heavy (non-hydrogen) atoms. The van der Waals surface area contributed by atoms with Crippen LogP contribution in [-0.4, -0.2) is 12.0 Å². The summed E-state index contributed by atoms with van der Waals surface area (Å²) in [7, 11) is 0. The molecule has 0 amide bonds. The highest BCUT2D eigenvalue weighted by Crippen LogP contribution is 2.30. The van der Waals surface area contributed by atoms with Gasteiger partial charge in [-0.2, -0.15) is 18.4 Å². The Morgan fingerprint density at radius 2 is 2.00 bits per heavy atom. The number of benzene rings is 1. The molecular formula is C14H15F3N4. The highest BCUT2D eigenvalue weighted by Gasteiger charge is 2.30. The maximum absolute atomic E-state index is 12.7. The van der Waals surface area contributed by atoms with Gasteiger partial charge in [-0.3, -0.25) is 5.32 Å². The molecule has 0 atom stereocenters. The third-order valence-corrected chi connectivity index (χ3v) is 3.26. The lowest BCUT2D eigenvalue weighted by Gasteiger charge is -2.12. The van der Waals surface area contributed by atoms with Crippen molar-refractivity contribution in [3.63, 3.8) is 0 Å². The second-order valence-corrected chi connectivity index (χ2v) is 4.86. The highest BCUT2D eigenvalue weighted by molar-refractivity contribution is 5.94. The van der Waals surface area contributed by atoms with Crippen LogP contribution in [0.1, 0.15) is 31.2 Å². The monoisotopic (exact) mass is 296 g/mol. The fourth-order valence-electron chi connectivity index (χ4n) is 2.27. The average molecular weight is 296 g/mol. The molecule has 1 aliphatic rings. The Hall–Kier alpha value is -2.23. The van der Waals surface area contributed by atoms with E-state index in [0.29, 0.717) is 0 Å². The molecule has 0 unspecified atom stereocenters. The van der Waals surface area contributed by atoms with Gasteiger partial charge in [-0.1, -0.05) is 18.9 Å². The molecule has 1 aromatic rings. The number of aliphatic imine (C=N–C) groups is 1. The Balaban J connectivity index is 2.15. The molecule has 2 rings (SSSR count). The fourth-order valence-corrected chi connectivity index (χ4v) is 2.27. The molecule has 0 spiro atoms. The van der Waals surface area contributed by atoms with E-state index >= 15 is 0 Å². The summed E-state index contributed by atoms with van der Waals surface area (Å²) in [4.78, 5) is 4.34. The fraction of sp³-hybridized carbons (Fsp3) is 0.429. The molecule has 0 aromatic heterocycles. The van der Waals surface area contributed by atoms with Gasteiger partial charge in [0.2, 0.25) is 5.96 Å². The number of nitriles is 1. The Kier molecular flexibility index (Phi) is 4.68. The van der Waals surface area contributed by atoms with Crippen molar-refractivity contribution in [2.24, 2.45) is 4.99 Å². The zero-order valence-corrected chi connectivity index (χ0v) is 11.2. The first-order chi connectivity index (χ1) is 9.99. The zero-order valence-electron chi connectivity index (χ0n) is 11.2. The quantitative estimate of drug-likeness (QED) is 0.380. The Morgan fingerprint density at radius 3 is 2.62 bits per heavy atom. The number of hydrogen-bond acceptors (Lipinski definition) is 2. The van der Waals surface area contributed by atoms with Gasteiger partial charge < -0.3 is 5.32 Å². The summed E-state index contributed by atoms with van der Waals surface area (Å²) in [6, 6.07) is 4.91. The predicted molar refractivity (Wildman–Crippen MR) is 73.5 cm³/mol. The second kappa shape index (κ2) is 6.48. The third-order valence-electron chi connectivity index (χ3n) is 3.26. The van der Waals surface area contributed by atoms with Crippen molar-refractivity contribution in [1.82, 2.24) is 5.32 Å². The smallest absolute Gasteiger partial charge is 0.326 e. The minimum atomic E-state index is -4.40. The van der Waals surface area contributed by atoms with Crippen LogP contribution < -0.4 is 10.6 Å². The maximum atomic E-state index is 12.7. The first-order valence-corrected chi connectivity index (χ1v) is 6.66. The van der Waals surface area contributed by atoms with E-state index in [1.165, 1.54) is 12.1 Å². The van der Waals surface area contributed by atoms with Crippen LogP contribution in [0.3, 0.4) is 0 Å². The van der Waals surface area contributed by atoms with Crippen molar-refractivity contribution in [3.8, 4) is 6.19 Å². The summed E-state index contributed by atoms with van der Waals surface area (Å²) in [6.07, 6.45) is 1.37. The third kappa shape index (κ3) is 4.38. The van der Waals surface area contributed by atoms with Crippen LogP contribution in [0.15, 0.2) is 29.3 Å². The number of guanidine groups is 1. The van der Waals surface area contributed by atoms with Gasteiger partial charge in [0.1, 0.15) is 0 Å². The number of rotatable bonds is 2. The van der Waals surface area contributed by atoms with Crippen molar-refractivity contribution >= 4 is 11.6 Å². The van der Waals surface area contributed by atoms with Gasteiger partial charge in [-0.15, -0.1) is 0 Å². The van der Waals surface area contributed by atoms with Crippen LogP contribution in [0.2, 0.25) is 0 Å². The van der Waals surface area contributed by atoms with Crippen molar-refractivity contribution in [2.75, 3.05) is 5.32 Å². The average Bonchev–Trinajstić information content (AvgIpc) is 2.91. The van der Waals surface area contributed by atoms with Crippen LogP contribution in [0.4, 0.5) is 18.9 Å². The molecule has 0 bridgehead atoms. The summed E-state index contributed by atoms with van der Waals surface area (Å²) >= 11 is 0. The van der Waals surface area contributed by atoms with E-state index in [2.05, 4.69) is 15.6 Å². The van der Waals surface area contributed by atoms with E-state index in [1.54, 1.807) is 6.19 Å². The Labute approximate surface area is 120 Å². The SMILES string of the molecule is N#CN/C(=N\C1CCCC1)Nc1cccc(C(F)(F)F)c1. The molecule has 4 nitrogen and oxygen atoms in total. The van der Waals surface area contributed by atoms with Gasteiger partial charge in [0.15, 0.2) is 6.19 Å². The molecule has 0 aliphatic heterocycles. The Morgan fingerprint density at radius 1 is 1.29 bits per heavy atom. The lowest BCUT2D eigenvalue weighted by Crippen LogP contribution is -2.28. The molecule has 7 heteroatoms. The minimum absolute atomic E-state index is 0.110. The van der Waals surface area contributed by atoms with Crippen LogP contribution in [0.25, 0.3) is 0 Å². The topological polar surface area (TPSA) is 60.2 Å². The van der Waals surface area contributed by atoms with Crippen LogP contribution in [-0.2, 0) is 6.18 Å². The summed E-state index contributed by atoms with van der Waals surface area (Å²) < 4.78 is 38.0. The number of nitrogens with one attached hydrogen (secondary N) is 2. The van der Waals surface area contributed by atoms with Gasteiger partial charge in [0.05, 0.1) is 11.6 Å². The van der Waals surface area contributed by atoms with E-state index < -0.39 is 11.7 Å². The van der Waals surface area contributed by atoms with Gasteiger partial charge in [-0.25, -0.2) is 4.99 Å². The number of alkyl halides is 3. The zero-order chi connectivity index (χ0) is 15.3. The molecule has 1 aliphatic carbocycles. The normalized spacial score (nSPS) is 16.6. The largest absolute Gasteiger partial charge is 0.416 e. The molecule has 112 valence electrons. The van der Waals surface area contributed by atoms with Crippen molar-refractivity contribution in [3.05, 3.63) is 29.8 Å². The number of anilines is 1. The maximum Gasteiger partial charge on any atom is 0.416 e. The highest BCUT2D eigenvalue weighted by atomic mass is 19.4. The molecule has 1 saturated carbocycles. The van der Waals surface area contributed by atoms with E-state index in [9.17, 15) is 13.2 Å². The molecule has 0 saturated heterocycles. The van der Waals surface area contributed by atoms with Crippen LogP contribution in [0, 0.1) is 11.5 Å². The van der Waals surface area contributed by atoms with Crippen LogP contribution >= 0.6 is 0 Å². The molecular weight excluding hydrogens is 281 g/mol. The predicted octanol–water partition coefficient (Wildman–Crippen LogP) is 3.49. The van der Waals surface area contributed by atoms with E-state index in [-0.39, 0.29) is 17.7 Å². The number of nitrogens with zero attached hydrogens (tertiary/aromatic N) is 2. The molecule has 1 fully saturated rings. The van der Waals surface area contributed by atoms with Crippen molar-refractivity contribution < 1.29 is 13.2 Å². The first kappa shape index (κ1) is 15.2. The number of hydrogen-bond donors (Lipinski definition) is 2. The lowest BCUT2D eigenvalue weighted by molar-refractivity contribution is -0.137. The van der Waals surface area contributed by atoms with E-state index in [4.69, 9.17) is 5.26 Å². The molecule has 0 heterocycles. The molecule has 1 aromatic carbocycles. The Bertz CT molecular complexity index is 554. The summed E-state index contributed by atoms with van der Waals surface area (Å²) in [6.45, 7) is 0. The first-order valence-electron chi connectivity index (χ1n) is 6.66. The summed E-state index contributed by atoms with van der Waals surface area (Å²) in [5.41, 5.74) is -0.506. The minimum Gasteiger partial charge on any atom is -0.326 e. The van der Waals surface area contributed by atoms with Crippen molar-refractivity contribution in [2.45, 2.75) is 37.9 Å². The van der Waals surface area contributed by atoms with Crippen molar-refractivity contribution in [1.29, 1.82) is 5.26 Å². The van der Waals surface area contributed by atoms with E-state index in [0.717, 1.165) is 37.8 Å². The standard InChI is InChI=1S/C14H15F3N4/c15-14(16,17)10-4-3-7-12(8-10)21-13(19-9-18)20-11-5-1-2-6-11/h3-4,7-8,11H,1-2,5-6H2,(H2,19,20,21). The summed E-state index contributed by atoms with van der Waals surface area (Å²) in [5, 5.41) is 13.8. The van der Waals surface area contributed by atoms with E-state index in [1.807, 2.05) is 0 Å². The van der Waals surface area contributed by atoms with Gasteiger partial charge in [-0.05, 0) is 31.0 Å². The van der Waals surface area contributed by atoms with Gasteiger partial charge >= 0.3 is 6.18 Å². The molecule has 0 radical (unpaired) electrons. The lowest BCUT2D eigenvalue weighted by atomic mass is 10.2.